The van der Waals surface area contributed by atoms with Crippen molar-refractivity contribution in [2.24, 2.45) is 0 Å². The van der Waals surface area contributed by atoms with Gasteiger partial charge < -0.3 is 9.36 Å². The number of para-hydroxylation sites is 1. The largest absolute Gasteiger partial charge is 0.365 e. The van der Waals surface area contributed by atoms with Crippen molar-refractivity contribution in [1.82, 2.24) is 20.3 Å². The standard InChI is InChI=1S/C30H25N4O3/c1-2-3-4-7-24-18-25(24)20-10-14-22(15-11-20)29-19-27(32-36-29)21-12-16-23(17-13-21)30(35)37-34-28-9-6-5-8-26(28)31-33-34/h5-6,8-19H,2-4,7H2,1H3. The Morgan fingerprint density at radius 1 is 0.919 bits per heavy atom. The summed E-state index contributed by atoms with van der Waals surface area (Å²) < 4.78 is 5.62. The summed E-state index contributed by atoms with van der Waals surface area (Å²) in [5.74, 6) is 0.166. The van der Waals surface area contributed by atoms with Crippen molar-refractivity contribution in [3.63, 3.8) is 0 Å². The van der Waals surface area contributed by atoms with E-state index in [4.69, 9.17) is 9.36 Å². The van der Waals surface area contributed by atoms with E-state index >= 15 is 0 Å². The first-order valence-electron chi connectivity index (χ1n) is 12.5. The van der Waals surface area contributed by atoms with Crippen LogP contribution in [-0.2, 0) is 0 Å². The Bertz CT molecular complexity index is 1590. The number of aromatic nitrogens is 4. The van der Waals surface area contributed by atoms with Crippen LogP contribution >= 0.6 is 0 Å². The minimum absolute atomic E-state index is 0.392. The van der Waals surface area contributed by atoms with Gasteiger partial charge in [0.1, 0.15) is 16.7 Å². The van der Waals surface area contributed by atoms with E-state index in [1.165, 1.54) is 42.4 Å². The minimum Gasteiger partial charge on any atom is -0.356 e. The van der Waals surface area contributed by atoms with Crippen molar-refractivity contribution >= 4 is 22.6 Å². The fourth-order valence-corrected chi connectivity index (χ4v) is 4.36. The van der Waals surface area contributed by atoms with E-state index in [0.717, 1.165) is 16.0 Å². The molecule has 2 aromatic heterocycles. The first-order chi connectivity index (χ1) is 18.2. The zero-order chi connectivity index (χ0) is 25.2. The highest BCUT2D eigenvalue weighted by Crippen LogP contribution is 2.42. The van der Waals surface area contributed by atoms with Crippen LogP contribution in [0.1, 0.15) is 48.5 Å². The van der Waals surface area contributed by atoms with Gasteiger partial charge in [-0.1, -0.05) is 83.9 Å². The number of fused-ring (bicyclic) bond motifs is 1. The fourth-order valence-electron chi connectivity index (χ4n) is 4.36. The summed E-state index contributed by atoms with van der Waals surface area (Å²) in [5.41, 5.74) is 8.26. The van der Waals surface area contributed by atoms with Crippen LogP contribution in [0.4, 0.5) is 0 Å². The minimum atomic E-state index is -0.528. The molecular weight excluding hydrogens is 464 g/mol. The Kier molecular flexibility index (Phi) is 6.10. The molecule has 1 radical (unpaired) electrons. The van der Waals surface area contributed by atoms with Crippen LogP contribution in [0.3, 0.4) is 0 Å². The number of nitrogens with zero attached hydrogens (tertiary/aromatic N) is 4. The van der Waals surface area contributed by atoms with Crippen LogP contribution < -0.4 is 4.84 Å². The van der Waals surface area contributed by atoms with Crippen LogP contribution in [0.2, 0.25) is 0 Å². The molecule has 2 heterocycles. The molecule has 1 aliphatic rings. The van der Waals surface area contributed by atoms with Gasteiger partial charge in [-0.15, -0.1) is 5.10 Å². The first kappa shape index (κ1) is 22.9. The maximum Gasteiger partial charge on any atom is 0.365 e. The van der Waals surface area contributed by atoms with Gasteiger partial charge in [0.05, 0.1) is 5.56 Å². The van der Waals surface area contributed by atoms with Crippen LogP contribution in [0.15, 0.2) is 89.0 Å². The van der Waals surface area contributed by atoms with E-state index in [9.17, 15) is 4.79 Å². The lowest BCUT2D eigenvalue weighted by Crippen LogP contribution is -2.20. The predicted molar refractivity (Wildman–Crippen MR) is 141 cm³/mol. The zero-order valence-electron chi connectivity index (χ0n) is 20.4. The van der Waals surface area contributed by atoms with Gasteiger partial charge in [-0.05, 0) is 53.5 Å². The number of carbonyl (C=O) groups excluding carboxylic acids is 1. The van der Waals surface area contributed by atoms with Crippen molar-refractivity contribution in [3.8, 4) is 22.6 Å². The second kappa shape index (κ2) is 9.85. The van der Waals surface area contributed by atoms with Crippen molar-refractivity contribution in [2.75, 3.05) is 0 Å². The van der Waals surface area contributed by atoms with Gasteiger partial charge in [0.25, 0.3) is 0 Å². The summed E-state index contributed by atoms with van der Waals surface area (Å²) in [6, 6.07) is 24.6. The summed E-state index contributed by atoms with van der Waals surface area (Å²) in [5, 5.41) is 12.1. The van der Waals surface area contributed by atoms with E-state index in [2.05, 4.69) is 53.1 Å². The third-order valence-corrected chi connectivity index (χ3v) is 6.53. The van der Waals surface area contributed by atoms with E-state index in [1.807, 2.05) is 30.3 Å². The molecule has 37 heavy (non-hydrogen) atoms. The summed E-state index contributed by atoms with van der Waals surface area (Å²) in [7, 11) is 0. The number of hydrogen-bond acceptors (Lipinski definition) is 6. The Morgan fingerprint density at radius 2 is 1.68 bits per heavy atom. The molecular formula is C30H25N4O3. The molecule has 1 aliphatic carbocycles. The van der Waals surface area contributed by atoms with Gasteiger partial charge in [0.2, 0.25) is 0 Å². The topological polar surface area (TPSA) is 83.0 Å². The Balaban J connectivity index is 1.12. The molecule has 5 aromatic rings. The SMILES string of the molecule is CCCCCC1=C(c2ccc(-c3cc(-c4ccc(C(=O)On5nnc6ccccc65)cc4)no3)cc2)[CH]1. The first-order valence-corrected chi connectivity index (χ1v) is 12.5. The molecule has 0 spiro atoms. The Morgan fingerprint density at radius 3 is 2.49 bits per heavy atom. The predicted octanol–water partition coefficient (Wildman–Crippen LogP) is 6.57. The highest BCUT2D eigenvalue weighted by atomic mass is 16.7. The zero-order valence-corrected chi connectivity index (χ0v) is 20.4. The van der Waals surface area contributed by atoms with Crippen molar-refractivity contribution in [2.45, 2.75) is 32.6 Å². The number of rotatable bonds is 9. The van der Waals surface area contributed by atoms with Crippen LogP contribution in [0, 0.1) is 6.42 Å². The molecule has 0 saturated carbocycles. The Labute approximate surface area is 214 Å². The van der Waals surface area contributed by atoms with Gasteiger partial charge in [-0.2, -0.15) is 0 Å². The van der Waals surface area contributed by atoms with Gasteiger partial charge in [0.15, 0.2) is 5.76 Å². The molecule has 0 atom stereocenters. The summed E-state index contributed by atoms with van der Waals surface area (Å²) >= 11 is 0. The second-order valence-corrected chi connectivity index (χ2v) is 9.10. The number of allylic oxidation sites excluding steroid dienone is 2. The monoisotopic (exact) mass is 489 g/mol. The van der Waals surface area contributed by atoms with Gasteiger partial charge >= 0.3 is 5.97 Å². The van der Waals surface area contributed by atoms with E-state index in [1.54, 1.807) is 24.3 Å². The molecule has 3 aromatic carbocycles. The van der Waals surface area contributed by atoms with Crippen LogP contribution in [0.25, 0.3) is 39.2 Å². The molecule has 0 amide bonds. The van der Waals surface area contributed by atoms with Gasteiger partial charge in [-0.3, -0.25) is 0 Å². The molecule has 6 rings (SSSR count). The molecule has 0 saturated heterocycles. The molecule has 7 heteroatoms. The van der Waals surface area contributed by atoms with Crippen molar-refractivity contribution in [1.29, 1.82) is 0 Å². The normalized spacial score (nSPS) is 12.8. The summed E-state index contributed by atoms with van der Waals surface area (Å²) in [4.78, 5) is 19.1. The highest BCUT2D eigenvalue weighted by Gasteiger charge is 2.23. The lowest BCUT2D eigenvalue weighted by atomic mass is 10.1. The number of carbonyl (C=O) groups is 1. The van der Waals surface area contributed by atoms with Gasteiger partial charge in [0, 0.05) is 23.6 Å². The van der Waals surface area contributed by atoms with E-state index in [0.29, 0.717) is 28.1 Å². The molecule has 0 unspecified atom stereocenters. The molecule has 0 aliphatic heterocycles. The third-order valence-electron chi connectivity index (χ3n) is 6.53. The third kappa shape index (κ3) is 4.80. The van der Waals surface area contributed by atoms with Crippen molar-refractivity contribution < 1.29 is 14.2 Å². The average Bonchev–Trinajstić information content (AvgIpc) is 3.34. The molecule has 183 valence electrons. The molecule has 0 fully saturated rings. The number of benzene rings is 3. The lowest BCUT2D eigenvalue weighted by Gasteiger charge is -2.04. The van der Waals surface area contributed by atoms with Gasteiger partial charge in [-0.25, -0.2) is 4.79 Å². The smallest absolute Gasteiger partial charge is 0.356 e. The quantitative estimate of drug-likeness (QED) is 0.172. The molecule has 0 N–H and O–H groups in total. The summed E-state index contributed by atoms with van der Waals surface area (Å²) in [6.07, 6.45) is 7.24. The summed E-state index contributed by atoms with van der Waals surface area (Å²) in [6.45, 7) is 2.23. The maximum atomic E-state index is 12.6. The van der Waals surface area contributed by atoms with Crippen LogP contribution in [0.5, 0.6) is 0 Å². The molecule has 7 nitrogen and oxygen atoms in total. The number of hydrogen-bond donors (Lipinski definition) is 0. The van der Waals surface area contributed by atoms with E-state index in [-0.39, 0.29) is 0 Å². The highest BCUT2D eigenvalue weighted by molar-refractivity contribution is 5.93. The van der Waals surface area contributed by atoms with Crippen LogP contribution in [-0.4, -0.2) is 26.3 Å². The number of unbranched alkanes of at least 4 members (excludes halogenated alkanes) is 2. The average molecular weight is 490 g/mol. The Hall–Kier alpha value is -4.52. The fraction of sp³-hybridized carbons (Fsp3) is 0.167. The molecule has 0 bridgehead atoms. The lowest BCUT2D eigenvalue weighted by molar-refractivity contribution is 0.0409. The van der Waals surface area contributed by atoms with Crippen molar-refractivity contribution in [3.05, 3.63) is 102 Å². The van der Waals surface area contributed by atoms with E-state index < -0.39 is 5.97 Å². The maximum absolute atomic E-state index is 12.6. The second-order valence-electron chi connectivity index (χ2n) is 9.10.